The smallest absolute Gasteiger partial charge is 0.290 e. The van der Waals surface area contributed by atoms with Gasteiger partial charge >= 0.3 is 0 Å². The van der Waals surface area contributed by atoms with Crippen LogP contribution in [0.1, 0.15) is 51.3 Å². The lowest BCUT2D eigenvalue weighted by Crippen LogP contribution is -2.32. The standard InChI is InChI=1S/C23H23NO4/c1-4-15-5-7-16(8-6-15)19-18-20(26)17-12-13(2)11-14(3)21(17)28-22(18)23(27)24(19)9-10-25/h5-8,11-12,19,25H,4,9-10H2,1-3H3/t19-/m1/s1. The Morgan fingerprint density at radius 3 is 2.46 bits per heavy atom. The number of fused-ring (bicyclic) bond motifs is 2. The van der Waals surface area contributed by atoms with Crippen molar-refractivity contribution in [2.75, 3.05) is 13.2 Å². The molecule has 1 aliphatic rings. The Labute approximate surface area is 163 Å². The number of hydrogen-bond donors (Lipinski definition) is 1. The number of β-amino-alcohol motifs (C(OH)–C–C–N with tert-alkyl or cyclic N) is 1. The zero-order valence-electron chi connectivity index (χ0n) is 16.3. The van der Waals surface area contributed by atoms with Gasteiger partial charge in [-0.15, -0.1) is 0 Å². The lowest BCUT2D eigenvalue weighted by Gasteiger charge is -2.24. The number of hydrogen-bond acceptors (Lipinski definition) is 4. The first kappa shape index (κ1) is 18.4. The molecule has 1 N–H and O–H groups in total. The summed E-state index contributed by atoms with van der Waals surface area (Å²) in [5.41, 5.74) is 4.45. The van der Waals surface area contributed by atoms with Gasteiger partial charge < -0.3 is 14.4 Å². The van der Waals surface area contributed by atoms with Crippen LogP contribution < -0.4 is 5.43 Å². The SMILES string of the molecule is CCc1ccc([C@@H]2c3c(oc4c(C)cc(C)cc4c3=O)C(=O)N2CCO)cc1. The lowest BCUT2D eigenvalue weighted by molar-refractivity contribution is 0.0691. The fourth-order valence-electron chi connectivity index (χ4n) is 4.10. The average Bonchev–Trinajstić information content (AvgIpc) is 2.96. The minimum atomic E-state index is -0.554. The van der Waals surface area contributed by atoms with E-state index in [2.05, 4.69) is 6.92 Å². The van der Waals surface area contributed by atoms with Crippen LogP contribution in [0.2, 0.25) is 0 Å². The molecular weight excluding hydrogens is 354 g/mol. The molecule has 5 heteroatoms. The first-order chi connectivity index (χ1) is 13.5. The fourth-order valence-corrected chi connectivity index (χ4v) is 4.10. The highest BCUT2D eigenvalue weighted by atomic mass is 16.3. The van der Waals surface area contributed by atoms with Crippen molar-refractivity contribution in [3.8, 4) is 0 Å². The molecule has 3 aromatic rings. The molecular formula is C23H23NO4. The van der Waals surface area contributed by atoms with Crippen LogP contribution in [-0.2, 0) is 6.42 Å². The molecule has 1 aliphatic heterocycles. The molecule has 4 rings (SSSR count). The van der Waals surface area contributed by atoms with Gasteiger partial charge in [0.1, 0.15) is 5.58 Å². The molecule has 0 spiro atoms. The third-order valence-electron chi connectivity index (χ3n) is 5.44. The molecule has 0 saturated heterocycles. The van der Waals surface area contributed by atoms with Crippen LogP contribution in [0.3, 0.4) is 0 Å². The molecule has 144 valence electrons. The fraction of sp³-hybridized carbons (Fsp3) is 0.304. The Bertz CT molecular complexity index is 1130. The summed E-state index contributed by atoms with van der Waals surface area (Å²) in [7, 11) is 0. The highest BCUT2D eigenvalue weighted by Gasteiger charge is 2.42. The van der Waals surface area contributed by atoms with Crippen molar-refractivity contribution in [1.82, 2.24) is 4.90 Å². The van der Waals surface area contributed by atoms with Gasteiger partial charge in [0.05, 0.1) is 23.6 Å². The minimum absolute atomic E-state index is 0.0856. The van der Waals surface area contributed by atoms with Crippen molar-refractivity contribution in [1.29, 1.82) is 0 Å². The number of aliphatic hydroxyl groups excluding tert-OH is 1. The molecule has 2 aromatic carbocycles. The van der Waals surface area contributed by atoms with Crippen LogP contribution in [0.25, 0.3) is 11.0 Å². The normalized spacial score (nSPS) is 16.1. The summed E-state index contributed by atoms with van der Waals surface area (Å²) in [6.07, 6.45) is 0.909. The van der Waals surface area contributed by atoms with Gasteiger partial charge in [0.2, 0.25) is 5.76 Å². The lowest BCUT2D eigenvalue weighted by atomic mass is 9.96. The quantitative estimate of drug-likeness (QED) is 0.755. The van der Waals surface area contributed by atoms with Crippen LogP contribution in [0.15, 0.2) is 45.6 Å². The van der Waals surface area contributed by atoms with Crippen molar-refractivity contribution < 1.29 is 14.3 Å². The van der Waals surface area contributed by atoms with E-state index >= 15 is 0 Å². The van der Waals surface area contributed by atoms with E-state index in [0.29, 0.717) is 16.5 Å². The third-order valence-corrected chi connectivity index (χ3v) is 5.44. The topological polar surface area (TPSA) is 70.8 Å². The van der Waals surface area contributed by atoms with Gasteiger partial charge in [0, 0.05) is 6.54 Å². The highest BCUT2D eigenvalue weighted by Crippen LogP contribution is 2.38. The second-order valence-corrected chi connectivity index (χ2v) is 7.35. The predicted octanol–water partition coefficient (Wildman–Crippen LogP) is 3.51. The number of aliphatic hydroxyl groups is 1. The van der Waals surface area contributed by atoms with Crippen LogP contribution in [0, 0.1) is 13.8 Å². The summed E-state index contributed by atoms with van der Waals surface area (Å²) < 4.78 is 5.98. The second kappa shape index (κ2) is 6.91. The van der Waals surface area contributed by atoms with Gasteiger partial charge in [-0.1, -0.05) is 37.3 Å². The maximum absolute atomic E-state index is 13.4. The number of nitrogens with zero attached hydrogens (tertiary/aromatic N) is 1. The van der Waals surface area contributed by atoms with Crippen molar-refractivity contribution >= 4 is 16.9 Å². The van der Waals surface area contributed by atoms with E-state index in [1.54, 1.807) is 0 Å². The Morgan fingerprint density at radius 2 is 1.82 bits per heavy atom. The maximum Gasteiger partial charge on any atom is 0.290 e. The van der Waals surface area contributed by atoms with Gasteiger partial charge in [-0.05, 0) is 48.6 Å². The largest absolute Gasteiger partial charge is 0.450 e. The molecule has 1 amide bonds. The van der Waals surface area contributed by atoms with E-state index in [9.17, 15) is 14.7 Å². The number of benzene rings is 2. The number of rotatable bonds is 4. The Morgan fingerprint density at radius 1 is 1.11 bits per heavy atom. The van der Waals surface area contributed by atoms with E-state index < -0.39 is 6.04 Å². The number of amides is 1. The van der Waals surface area contributed by atoms with Crippen LogP contribution >= 0.6 is 0 Å². The van der Waals surface area contributed by atoms with E-state index in [0.717, 1.165) is 23.1 Å². The van der Waals surface area contributed by atoms with Crippen molar-refractivity contribution in [3.05, 3.63) is 80.2 Å². The monoisotopic (exact) mass is 377 g/mol. The molecule has 0 aliphatic carbocycles. The predicted molar refractivity (Wildman–Crippen MR) is 108 cm³/mol. The molecule has 0 unspecified atom stereocenters. The summed E-state index contributed by atoms with van der Waals surface area (Å²) in [6, 6.07) is 11.1. The van der Waals surface area contributed by atoms with Gasteiger partial charge in [-0.3, -0.25) is 9.59 Å². The average molecular weight is 377 g/mol. The van der Waals surface area contributed by atoms with Crippen LogP contribution in [0.5, 0.6) is 0 Å². The van der Waals surface area contributed by atoms with E-state index in [4.69, 9.17) is 4.42 Å². The molecule has 0 saturated carbocycles. The molecule has 28 heavy (non-hydrogen) atoms. The third kappa shape index (κ3) is 2.74. The maximum atomic E-state index is 13.4. The number of carbonyl (C=O) groups is 1. The molecule has 0 fully saturated rings. The first-order valence-corrected chi connectivity index (χ1v) is 9.54. The summed E-state index contributed by atoms with van der Waals surface area (Å²) in [5.74, 6) is -0.268. The highest BCUT2D eigenvalue weighted by molar-refractivity contribution is 5.99. The Hall–Kier alpha value is -2.92. The molecule has 2 heterocycles. The Kier molecular flexibility index (Phi) is 4.55. The molecule has 5 nitrogen and oxygen atoms in total. The van der Waals surface area contributed by atoms with Crippen molar-refractivity contribution in [3.63, 3.8) is 0 Å². The first-order valence-electron chi connectivity index (χ1n) is 9.54. The van der Waals surface area contributed by atoms with Crippen LogP contribution in [0.4, 0.5) is 0 Å². The molecule has 1 atom stereocenters. The van der Waals surface area contributed by atoms with Gasteiger partial charge in [-0.2, -0.15) is 0 Å². The number of aryl methyl sites for hydroxylation is 3. The van der Waals surface area contributed by atoms with E-state index in [-0.39, 0.29) is 30.2 Å². The zero-order chi connectivity index (χ0) is 20.0. The van der Waals surface area contributed by atoms with Crippen molar-refractivity contribution in [2.24, 2.45) is 0 Å². The van der Waals surface area contributed by atoms with Gasteiger partial charge in [0.25, 0.3) is 5.91 Å². The summed E-state index contributed by atoms with van der Waals surface area (Å²) in [6.45, 7) is 5.83. The number of carbonyl (C=O) groups excluding carboxylic acids is 1. The summed E-state index contributed by atoms with van der Waals surface area (Å²) in [5, 5.41) is 10.00. The summed E-state index contributed by atoms with van der Waals surface area (Å²) in [4.78, 5) is 28.0. The minimum Gasteiger partial charge on any atom is -0.450 e. The summed E-state index contributed by atoms with van der Waals surface area (Å²) >= 11 is 0. The molecule has 0 bridgehead atoms. The zero-order valence-corrected chi connectivity index (χ0v) is 16.3. The molecule has 0 radical (unpaired) electrons. The molecule has 1 aromatic heterocycles. The van der Waals surface area contributed by atoms with Crippen LogP contribution in [-0.4, -0.2) is 29.1 Å². The van der Waals surface area contributed by atoms with E-state index in [1.807, 2.05) is 50.2 Å². The van der Waals surface area contributed by atoms with Gasteiger partial charge in [0.15, 0.2) is 5.43 Å². The second-order valence-electron chi connectivity index (χ2n) is 7.35. The van der Waals surface area contributed by atoms with E-state index in [1.165, 1.54) is 10.5 Å². The Balaban J connectivity index is 2.00. The van der Waals surface area contributed by atoms with Gasteiger partial charge in [-0.25, -0.2) is 0 Å². The van der Waals surface area contributed by atoms with Crippen molar-refractivity contribution in [2.45, 2.75) is 33.2 Å².